The summed E-state index contributed by atoms with van der Waals surface area (Å²) in [5.41, 5.74) is 1.04. The summed E-state index contributed by atoms with van der Waals surface area (Å²) in [6, 6.07) is 3.22. The molecule has 14 heavy (non-hydrogen) atoms. The van der Waals surface area contributed by atoms with E-state index in [1.807, 2.05) is 22.6 Å². The summed E-state index contributed by atoms with van der Waals surface area (Å²) in [6.45, 7) is 1.47. The van der Waals surface area contributed by atoms with E-state index in [9.17, 15) is 9.59 Å². The van der Waals surface area contributed by atoms with Gasteiger partial charge in [0.05, 0.1) is 12.7 Å². The maximum absolute atomic E-state index is 11.3. The minimum Gasteiger partial charge on any atom is -0.496 e. The molecule has 3 nitrogen and oxygen atoms in total. The number of Topliss-reactive ketones (excluding diaryl/α,β-unsaturated/α-hetero) is 1. The SMILES string of the molecule is COc1cc(C=O)cc(I)c1C(C)=O. The highest BCUT2D eigenvalue weighted by molar-refractivity contribution is 14.1. The Labute approximate surface area is 95.6 Å². The molecule has 0 amide bonds. The molecule has 0 heterocycles. The summed E-state index contributed by atoms with van der Waals surface area (Å²) in [5.74, 6) is 0.384. The molecule has 0 aliphatic carbocycles. The largest absolute Gasteiger partial charge is 0.496 e. The van der Waals surface area contributed by atoms with Crippen LogP contribution in [0.3, 0.4) is 0 Å². The van der Waals surface area contributed by atoms with Crippen molar-refractivity contribution in [2.45, 2.75) is 6.92 Å². The van der Waals surface area contributed by atoms with E-state index in [4.69, 9.17) is 4.74 Å². The van der Waals surface area contributed by atoms with Gasteiger partial charge in [-0.15, -0.1) is 0 Å². The molecule has 1 rings (SSSR count). The van der Waals surface area contributed by atoms with Crippen molar-refractivity contribution in [2.75, 3.05) is 7.11 Å². The third-order valence-electron chi connectivity index (χ3n) is 1.78. The summed E-state index contributed by atoms with van der Waals surface area (Å²) in [5, 5.41) is 0. The zero-order chi connectivity index (χ0) is 10.7. The normalized spacial score (nSPS) is 9.64. The van der Waals surface area contributed by atoms with Gasteiger partial charge in [0.2, 0.25) is 0 Å². The standard InChI is InChI=1S/C10H9IO3/c1-6(13)10-8(11)3-7(5-12)4-9(10)14-2/h3-5H,1-2H3. The molecule has 1 aromatic rings. The molecule has 1 aromatic carbocycles. The Kier molecular flexibility index (Phi) is 3.62. The zero-order valence-corrected chi connectivity index (χ0v) is 9.99. The Morgan fingerprint density at radius 2 is 2.14 bits per heavy atom. The van der Waals surface area contributed by atoms with E-state index in [1.165, 1.54) is 14.0 Å². The Morgan fingerprint density at radius 3 is 2.57 bits per heavy atom. The number of halogens is 1. The molecule has 0 radical (unpaired) electrons. The summed E-state index contributed by atoms with van der Waals surface area (Å²) in [4.78, 5) is 21.8. The van der Waals surface area contributed by atoms with Gasteiger partial charge in [0, 0.05) is 9.13 Å². The molecule has 0 spiro atoms. The first-order valence-electron chi connectivity index (χ1n) is 3.93. The average Bonchev–Trinajstić information content (AvgIpc) is 2.15. The van der Waals surface area contributed by atoms with Crippen LogP contribution >= 0.6 is 22.6 Å². The Balaban J connectivity index is 3.42. The molecule has 0 N–H and O–H groups in total. The van der Waals surface area contributed by atoms with Gasteiger partial charge in [0.15, 0.2) is 5.78 Å². The highest BCUT2D eigenvalue weighted by atomic mass is 127. The number of methoxy groups -OCH3 is 1. The lowest BCUT2D eigenvalue weighted by Crippen LogP contribution is -2.02. The van der Waals surface area contributed by atoms with Crippen LogP contribution in [0.15, 0.2) is 12.1 Å². The van der Waals surface area contributed by atoms with Gasteiger partial charge in [-0.25, -0.2) is 0 Å². The molecule has 0 atom stereocenters. The van der Waals surface area contributed by atoms with Crippen LogP contribution < -0.4 is 4.74 Å². The lowest BCUT2D eigenvalue weighted by Gasteiger charge is -2.08. The minimum absolute atomic E-state index is 0.0660. The van der Waals surface area contributed by atoms with Crippen LogP contribution in [0, 0.1) is 3.57 Å². The van der Waals surface area contributed by atoms with E-state index in [0.717, 1.165) is 9.86 Å². The number of benzene rings is 1. The van der Waals surface area contributed by atoms with Crippen LogP contribution in [0.5, 0.6) is 5.75 Å². The maximum Gasteiger partial charge on any atom is 0.164 e. The summed E-state index contributed by atoms with van der Waals surface area (Å²) < 4.78 is 5.78. The van der Waals surface area contributed by atoms with Crippen LogP contribution in [0.2, 0.25) is 0 Å². The van der Waals surface area contributed by atoms with Gasteiger partial charge in [-0.2, -0.15) is 0 Å². The summed E-state index contributed by atoms with van der Waals surface area (Å²) >= 11 is 2.01. The van der Waals surface area contributed by atoms with E-state index >= 15 is 0 Å². The molecule has 0 fully saturated rings. The molecule has 0 bridgehead atoms. The van der Waals surface area contributed by atoms with E-state index < -0.39 is 0 Å². The number of hydrogen-bond donors (Lipinski definition) is 0. The third-order valence-corrected chi connectivity index (χ3v) is 2.64. The van der Waals surface area contributed by atoms with Crippen LogP contribution in [0.1, 0.15) is 27.6 Å². The van der Waals surface area contributed by atoms with Gasteiger partial charge in [-0.3, -0.25) is 9.59 Å². The zero-order valence-electron chi connectivity index (χ0n) is 7.83. The average molecular weight is 304 g/mol. The van der Waals surface area contributed by atoms with Gasteiger partial charge in [0.25, 0.3) is 0 Å². The molecular formula is C10H9IO3. The van der Waals surface area contributed by atoms with E-state index in [0.29, 0.717) is 16.9 Å². The smallest absolute Gasteiger partial charge is 0.164 e. The fourth-order valence-corrected chi connectivity index (χ4v) is 2.18. The second-order valence-corrected chi connectivity index (χ2v) is 3.92. The topological polar surface area (TPSA) is 43.4 Å². The first kappa shape index (κ1) is 11.2. The molecular weight excluding hydrogens is 295 g/mol. The van der Waals surface area contributed by atoms with E-state index in [2.05, 4.69) is 0 Å². The predicted molar refractivity (Wildman–Crippen MR) is 61.1 cm³/mol. The predicted octanol–water partition coefficient (Wildman–Crippen LogP) is 2.31. The van der Waals surface area contributed by atoms with Gasteiger partial charge < -0.3 is 4.74 Å². The van der Waals surface area contributed by atoms with Crippen molar-refractivity contribution in [3.05, 3.63) is 26.8 Å². The fraction of sp³-hybridized carbons (Fsp3) is 0.200. The lowest BCUT2D eigenvalue weighted by atomic mass is 10.1. The number of rotatable bonds is 3. The minimum atomic E-state index is -0.0660. The highest BCUT2D eigenvalue weighted by Crippen LogP contribution is 2.25. The Hall–Kier alpha value is -0.910. The number of hydrogen-bond acceptors (Lipinski definition) is 3. The van der Waals surface area contributed by atoms with Crippen LogP contribution in [0.25, 0.3) is 0 Å². The van der Waals surface area contributed by atoms with Crippen molar-refractivity contribution in [1.29, 1.82) is 0 Å². The highest BCUT2D eigenvalue weighted by Gasteiger charge is 2.13. The molecule has 0 aliphatic heterocycles. The van der Waals surface area contributed by atoms with Crippen molar-refractivity contribution in [3.63, 3.8) is 0 Å². The monoisotopic (exact) mass is 304 g/mol. The number of ketones is 1. The number of carbonyl (C=O) groups is 2. The van der Waals surface area contributed by atoms with Crippen LogP contribution in [-0.4, -0.2) is 19.2 Å². The maximum atomic E-state index is 11.3. The van der Waals surface area contributed by atoms with Gasteiger partial charge in [-0.1, -0.05) is 0 Å². The van der Waals surface area contributed by atoms with Gasteiger partial charge in [0.1, 0.15) is 12.0 Å². The van der Waals surface area contributed by atoms with Gasteiger partial charge >= 0.3 is 0 Å². The second kappa shape index (κ2) is 4.54. The van der Waals surface area contributed by atoms with E-state index in [1.54, 1.807) is 12.1 Å². The Bertz CT molecular complexity index is 385. The molecule has 74 valence electrons. The molecule has 0 saturated carbocycles. The first-order valence-corrected chi connectivity index (χ1v) is 5.01. The van der Waals surface area contributed by atoms with E-state index in [-0.39, 0.29) is 5.78 Å². The van der Waals surface area contributed by atoms with Crippen LogP contribution in [-0.2, 0) is 0 Å². The lowest BCUT2D eigenvalue weighted by molar-refractivity contribution is 0.101. The third kappa shape index (κ3) is 2.12. The molecule has 4 heteroatoms. The molecule has 0 unspecified atom stereocenters. The second-order valence-electron chi connectivity index (χ2n) is 2.75. The van der Waals surface area contributed by atoms with Crippen molar-refractivity contribution >= 4 is 34.7 Å². The molecule has 0 saturated heterocycles. The number of carbonyl (C=O) groups excluding carboxylic acids is 2. The van der Waals surface area contributed by atoms with Crippen molar-refractivity contribution in [2.24, 2.45) is 0 Å². The summed E-state index contributed by atoms with van der Waals surface area (Å²) in [7, 11) is 1.48. The van der Waals surface area contributed by atoms with Crippen LogP contribution in [0.4, 0.5) is 0 Å². The quantitative estimate of drug-likeness (QED) is 0.489. The molecule has 0 aliphatic rings. The van der Waals surface area contributed by atoms with Crippen molar-refractivity contribution in [1.82, 2.24) is 0 Å². The number of aldehydes is 1. The fourth-order valence-electron chi connectivity index (χ4n) is 1.17. The first-order chi connectivity index (χ1) is 6.60. The van der Waals surface area contributed by atoms with Crippen molar-refractivity contribution in [3.8, 4) is 5.75 Å². The van der Waals surface area contributed by atoms with Crippen molar-refractivity contribution < 1.29 is 14.3 Å². The summed E-state index contributed by atoms with van der Waals surface area (Å²) in [6.07, 6.45) is 0.731. The Morgan fingerprint density at radius 1 is 1.50 bits per heavy atom. The van der Waals surface area contributed by atoms with Gasteiger partial charge in [-0.05, 0) is 41.6 Å². The molecule has 0 aromatic heterocycles. The number of ether oxygens (including phenoxy) is 1.